The number of hydrogen-bond donors (Lipinski definition) is 0. The minimum absolute atomic E-state index is 0.0221. The molecule has 0 bridgehead atoms. The fraction of sp³-hybridized carbons (Fsp3) is 0.350. The van der Waals surface area contributed by atoms with Crippen molar-refractivity contribution in [1.82, 2.24) is 4.90 Å². The molecule has 2 aromatic rings. The van der Waals surface area contributed by atoms with Crippen molar-refractivity contribution in [3.8, 4) is 0 Å². The van der Waals surface area contributed by atoms with Crippen LogP contribution in [0.25, 0.3) is 0 Å². The van der Waals surface area contributed by atoms with Gasteiger partial charge in [0, 0.05) is 23.4 Å². The number of nitro groups is 1. The summed E-state index contributed by atoms with van der Waals surface area (Å²) in [4.78, 5) is 27.4. The quantitative estimate of drug-likeness (QED) is 0.622. The lowest BCUT2D eigenvalue weighted by atomic mass is 9.99. The van der Waals surface area contributed by atoms with Gasteiger partial charge >= 0.3 is 0 Å². The summed E-state index contributed by atoms with van der Waals surface area (Å²) in [5.41, 5.74) is 1.65. The molecule has 1 heterocycles. The molecule has 1 aliphatic rings. The van der Waals surface area contributed by atoms with E-state index in [2.05, 4.69) is 25.7 Å². The fourth-order valence-electron chi connectivity index (χ4n) is 3.31. The first-order valence-corrected chi connectivity index (χ1v) is 8.64. The molecule has 0 radical (unpaired) electrons. The Balaban J connectivity index is 1.89. The van der Waals surface area contributed by atoms with E-state index < -0.39 is 4.92 Å². The van der Waals surface area contributed by atoms with Crippen LogP contribution in [0.1, 0.15) is 26.3 Å². The zero-order valence-corrected chi connectivity index (χ0v) is 15.3. The summed E-state index contributed by atoms with van der Waals surface area (Å²) in [6, 6.07) is 15.9. The molecule has 136 valence electrons. The van der Waals surface area contributed by atoms with Crippen LogP contribution < -0.4 is 4.90 Å². The molecule has 1 saturated heterocycles. The molecule has 0 saturated carbocycles. The standard InChI is InChI=1S/C20H23N3O3/c1-20(2,3)22-14-21(16-9-11-17(12-10-16)23(25)26)19(24)18(22)13-15-7-5-4-6-8-15/h4-12,18H,13-14H2,1-3H3. The summed E-state index contributed by atoms with van der Waals surface area (Å²) in [6.45, 7) is 6.75. The number of carbonyl (C=O) groups excluding carboxylic acids is 1. The van der Waals surface area contributed by atoms with E-state index >= 15 is 0 Å². The molecule has 6 heteroatoms. The number of anilines is 1. The smallest absolute Gasteiger partial charge is 0.269 e. The highest BCUT2D eigenvalue weighted by atomic mass is 16.6. The molecular formula is C20H23N3O3. The molecule has 0 aliphatic carbocycles. The summed E-state index contributed by atoms with van der Waals surface area (Å²) in [5.74, 6) is 0.0256. The van der Waals surface area contributed by atoms with Crippen LogP contribution in [0.3, 0.4) is 0 Å². The van der Waals surface area contributed by atoms with Gasteiger partial charge in [-0.15, -0.1) is 0 Å². The van der Waals surface area contributed by atoms with E-state index in [1.807, 2.05) is 30.3 Å². The molecule has 1 atom stereocenters. The third-order valence-electron chi connectivity index (χ3n) is 4.73. The van der Waals surface area contributed by atoms with Crippen molar-refractivity contribution in [3.05, 3.63) is 70.3 Å². The highest BCUT2D eigenvalue weighted by Gasteiger charge is 2.43. The molecule has 1 amide bonds. The maximum Gasteiger partial charge on any atom is 0.269 e. The van der Waals surface area contributed by atoms with Crippen LogP contribution in [-0.4, -0.2) is 34.0 Å². The number of amides is 1. The van der Waals surface area contributed by atoms with Gasteiger partial charge in [0.1, 0.15) is 0 Å². The molecule has 1 unspecified atom stereocenters. The first-order chi connectivity index (χ1) is 12.3. The van der Waals surface area contributed by atoms with Crippen molar-refractivity contribution in [2.24, 2.45) is 0 Å². The van der Waals surface area contributed by atoms with E-state index in [1.54, 1.807) is 17.0 Å². The summed E-state index contributed by atoms with van der Waals surface area (Å²) < 4.78 is 0. The Morgan fingerprint density at radius 3 is 2.23 bits per heavy atom. The minimum atomic E-state index is -0.435. The van der Waals surface area contributed by atoms with Crippen molar-refractivity contribution >= 4 is 17.3 Å². The third-order valence-corrected chi connectivity index (χ3v) is 4.73. The Hall–Kier alpha value is -2.73. The predicted molar refractivity (Wildman–Crippen MR) is 101 cm³/mol. The van der Waals surface area contributed by atoms with Gasteiger partial charge in [0.2, 0.25) is 5.91 Å². The monoisotopic (exact) mass is 353 g/mol. The van der Waals surface area contributed by atoms with E-state index in [0.717, 1.165) is 5.56 Å². The van der Waals surface area contributed by atoms with Crippen molar-refractivity contribution in [3.63, 3.8) is 0 Å². The fourth-order valence-corrected chi connectivity index (χ4v) is 3.31. The van der Waals surface area contributed by atoms with E-state index in [-0.39, 0.29) is 23.2 Å². The van der Waals surface area contributed by atoms with Gasteiger partial charge in [-0.3, -0.25) is 24.7 Å². The molecule has 1 fully saturated rings. The highest BCUT2D eigenvalue weighted by molar-refractivity contribution is 5.99. The van der Waals surface area contributed by atoms with Crippen LogP contribution >= 0.6 is 0 Å². The second-order valence-electron chi connectivity index (χ2n) is 7.53. The van der Waals surface area contributed by atoms with Gasteiger partial charge in [-0.05, 0) is 44.9 Å². The zero-order chi connectivity index (χ0) is 18.9. The Bertz CT molecular complexity index is 797. The van der Waals surface area contributed by atoms with Gasteiger partial charge in [0.15, 0.2) is 0 Å². The largest absolute Gasteiger partial charge is 0.298 e. The second-order valence-corrected chi connectivity index (χ2v) is 7.53. The van der Waals surface area contributed by atoms with Crippen molar-refractivity contribution in [2.45, 2.75) is 38.8 Å². The SMILES string of the molecule is CC(C)(C)N1CN(c2ccc([N+](=O)[O-])cc2)C(=O)C1Cc1ccccc1. The number of benzene rings is 2. The Morgan fingerprint density at radius 1 is 1.08 bits per heavy atom. The lowest BCUT2D eigenvalue weighted by Crippen LogP contribution is -2.47. The zero-order valence-electron chi connectivity index (χ0n) is 15.3. The molecule has 6 nitrogen and oxygen atoms in total. The van der Waals surface area contributed by atoms with Gasteiger partial charge < -0.3 is 0 Å². The van der Waals surface area contributed by atoms with E-state index in [1.165, 1.54) is 12.1 Å². The van der Waals surface area contributed by atoms with Gasteiger partial charge in [-0.1, -0.05) is 30.3 Å². The lowest BCUT2D eigenvalue weighted by molar-refractivity contribution is -0.384. The number of nitro benzene ring substituents is 1. The normalized spacial score (nSPS) is 18.3. The first kappa shape index (κ1) is 18.1. The van der Waals surface area contributed by atoms with Gasteiger partial charge in [-0.25, -0.2) is 0 Å². The summed E-state index contributed by atoms with van der Waals surface area (Å²) >= 11 is 0. The van der Waals surface area contributed by atoms with Crippen LogP contribution in [0.2, 0.25) is 0 Å². The number of hydrogen-bond acceptors (Lipinski definition) is 4. The lowest BCUT2D eigenvalue weighted by Gasteiger charge is -2.35. The molecule has 3 rings (SSSR count). The second kappa shape index (κ2) is 6.88. The van der Waals surface area contributed by atoms with Crippen molar-refractivity contribution < 1.29 is 9.72 Å². The summed E-state index contributed by atoms with van der Waals surface area (Å²) in [7, 11) is 0. The maximum atomic E-state index is 13.1. The van der Waals surface area contributed by atoms with Crippen molar-refractivity contribution in [1.29, 1.82) is 0 Å². The van der Waals surface area contributed by atoms with E-state index in [4.69, 9.17) is 0 Å². The molecule has 2 aromatic carbocycles. The molecule has 1 aliphatic heterocycles. The molecule has 26 heavy (non-hydrogen) atoms. The number of nitrogens with zero attached hydrogens (tertiary/aromatic N) is 3. The minimum Gasteiger partial charge on any atom is -0.298 e. The van der Waals surface area contributed by atoms with E-state index in [9.17, 15) is 14.9 Å². The number of carbonyl (C=O) groups is 1. The molecule has 0 spiro atoms. The van der Waals surface area contributed by atoms with Gasteiger partial charge in [0.25, 0.3) is 5.69 Å². The van der Waals surface area contributed by atoms with Crippen LogP contribution in [0.4, 0.5) is 11.4 Å². The molecule has 0 aromatic heterocycles. The summed E-state index contributed by atoms with van der Waals surface area (Å²) in [5, 5.41) is 10.9. The van der Waals surface area contributed by atoms with Crippen LogP contribution in [0.5, 0.6) is 0 Å². The first-order valence-electron chi connectivity index (χ1n) is 8.64. The van der Waals surface area contributed by atoms with Crippen LogP contribution in [0, 0.1) is 10.1 Å². The average Bonchev–Trinajstić information content (AvgIpc) is 2.93. The number of rotatable bonds is 4. The summed E-state index contributed by atoms with van der Waals surface area (Å²) in [6.07, 6.45) is 0.639. The Morgan fingerprint density at radius 2 is 1.69 bits per heavy atom. The van der Waals surface area contributed by atoms with E-state index in [0.29, 0.717) is 18.8 Å². The topological polar surface area (TPSA) is 66.7 Å². The van der Waals surface area contributed by atoms with Gasteiger partial charge in [0.05, 0.1) is 17.6 Å². The number of non-ortho nitro benzene ring substituents is 1. The predicted octanol–water partition coefficient (Wildman–Crippen LogP) is 3.61. The van der Waals surface area contributed by atoms with Crippen LogP contribution in [-0.2, 0) is 11.2 Å². The van der Waals surface area contributed by atoms with Crippen LogP contribution in [0.15, 0.2) is 54.6 Å². The highest BCUT2D eigenvalue weighted by Crippen LogP contribution is 2.31. The Labute approximate surface area is 153 Å². The average molecular weight is 353 g/mol. The van der Waals surface area contributed by atoms with Gasteiger partial charge in [-0.2, -0.15) is 0 Å². The maximum absolute atomic E-state index is 13.1. The van der Waals surface area contributed by atoms with Crippen molar-refractivity contribution in [2.75, 3.05) is 11.6 Å². The molecular weight excluding hydrogens is 330 g/mol. The molecule has 0 N–H and O–H groups in total. The Kier molecular flexibility index (Phi) is 4.78. The third kappa shape index (κ3) is 3.60.